The molecule has 9 heteroatoms. The van der Waals surface area contributed by atoms with E-state index in [0.29, 0.717) is 19.5 Å². The van der Waals surface area contributed by atoms with Crippen molar-refractivity contribution in [2.24, 2.45) is 13.0 Å². The molecule has 0 aliphatic carbocycles. The number of hydrogen-bond acceptors (Lipinski definition) is 5. The Balaban J connectivity index is 1.40. The van der Waals surface area contributed by atoms with E-state index in [0.717, 1.165) is 29.9 Å². The number of anilines is 1. The summed E-state index contributed by atoms with van der Waals surface area (Å²) >= 11 is 0. The number of rotatable bonds is 7. The lowest BCUT2D eigenvalue weighted by atomic mass is 9.79. The Morgan fingerprint density at radius 1 is 1.26 bits per heavy atom. The smallest absolute Gasteiger partial charge is 0.322 e. The van der Waals surface area contributed by atoms with Crippen LogP contribution in [0.1, 0.15) is 40.0 Å². The molecule has 2 aromatic rings. The third-order valence-corrected chi connectivity index (χ3v) is 7.43. The molecule has 182 valence electrons. The highest BCUT2D eigenvalue weighted by Crippen LogP contribution is 2.30. The summed E-state index contributed by atoms with van der Waals surface area (Å²) in [7, 11) is 1.93. The molecular formula is C25H34N6O3. The molecule has 2 aliphatic heterocycles. The highest BCUT2D eigenvalue weighted by molar-refractivity contribution is 6.07. The highest BCUT2D eigenvalue weighted by atomic mass is 16.2. The first-order chi connectivity index (χ1) is 16.2. The topological polar surface area (TPSA) is 99.6 Å². The molecule has 1 aromatic heterocycles. The van der Waals surface area contributed by atoms with Crippen molar-refractivity contribution in [2.75, 3.05) is 24.5 Å². The monoisotopic (exact) mass is 466 g/mol. The lowest BCUT2D eigenvalue weighted by molar-refractivity contribution is -0.133. The van der Waals surface area contributed by atoms with Crippen LogP contribution in [0, 0.1) is 5.92 Å². The molecular weight excluding hydrogens is 432 g/mol. The summed E-state index contributed by atoms with van der Waals surface area (Å²) in [5, 5.41) is 9.41. The Morgan fingerprint density at radius 2 is 2.06 bits per heavy atom. The van der Waals surface area contributed by atoms with Gasteiger partial charge < -0.3 is 15.1 Å². The van der Waals surface area contributed by atoms with Gasteiger partial charge in [-0.15, -0.1) is 0 Å². The number of hydrogen-bond donors (Lipinski definition) is 2. The fourth-order valence-electron chi connectivity index (χ4n) is 5.15. The van der Waals surface area contributed by atoms with E-state index >= 15 is 0 Å². The fraction of sp³-hybridized carbons (Fsp3) is 0.520. The second-order valence-electron chi connectivity index (χ2n) is 9.46. The van der Waals surface area contributed by atoms with Crippen molar-refractivity contribution in [3.63, 3.8) is 0 Å². The van der Waals surface area contributed by atoms with Gasteiger partial charge in [0, 0.05) is 56.6 Å². The summed E-state index contributed by atoms with van der Waals surface area (Å²) in [6, 6.07) is 10.1. The molecule has 3 heterocycles. The number of aromatic nitrogens is 2. The molecule has 0 radical (unpaired) electrons. The molecule has 2 saturated heterocycles. The van der Waals surface area contributed by atoms with Crippen molar-refractivity contribution in [2.45, 2.75) is 51.6 Å². The standard InChI is InChI=1S/C25H34N6O3/c1-5-17(2)25(23(33)27-24(34)28-25)11-9-22(32)30-13-14-31(18(3)16-30)20-8-6-7-19(15-20)21-10-12-26-29(21)4/h6-8,10,12,15,17-18H,5,9,11,13-14,16H2,1-4H3,(H2,27,28,33,34)/t17?,18-,25?/m0/s1. The Labute approximate surface area is 200 Å². The Hall–Kier alpha value is -3.36. The van der Waals surface area contributed by atoms with E-state index in [9.17, 15) is 14.4 Å². The summed E-state index contributed by atoms with van der Waals surface area (Å²) in [4.78, 5) is 41.7. The minimum Gasteiger partial charge on any atom is -0.365 e. The van der Waals surface area contributed by atoms with Crippen molar-refractivity contribution in [3.05, 3.63) is 36.5 Å². The summed E-state index contributed by atoms with van der Waals surface area (Å²) in [6.07, 6.45) is 3.05. The Kier molecular flexibility index (Phi) is 6.63. The number of benzene rings is 1. The van der Waals surface area contributed by atoms with Gasteiger partial charge in [0.2, 0.25) is 5.91 Å². The molecule has 2 unspecified atom stereocenters. The number of carbonyl (C=O) groups excluding carboxylic acids is 3. The van der Waals surface area contributed by atoms with E-state index < -0.39 is 11.6 Å². The normalized spacial score (nSPS) is 23.6. The predicted molar refractivity (Wildman–Crippen MR) is 130 cm³/mol. The number of aryl methyl sites for hydroxylation is 1. The van der Waals surface area contributed by atoms with Crippen LogP contribution in [0.3, 0.4) is 0 Å². The SMILES string of the molecule is CCC(C)C1(CCC(=O)N2CCN(c3cccc(-c4ccnn4C)c3)[C@@H](C)C2)NC(=O)NC1=O. The highest BCUT2D eigenvalue weighted by Gasteiger charge is 2.49. The Bertz CT molecular complexity index is 1080. The van der Waals surface area contributed by atoms with Gasteiger partial charge in [-0.3, -0.25) is 19.6 Å². The van der Waals surface area contributed by atoms with Crippen molar-refractivity contribution in [1.82, 2.24) is 25.3 Å². The average Bonchev–Trinajstić information content (AvgIpc) is 3.39. The molecule has 4 rings (SSSR count). The summed E-state index contributed by atoms with van der Waals surface area (Å²) < 4.78 is 1.86. The number of nitrogens with zero attached hydrogens (tertiary/aromatic N) is 4. The third-order valence-electron chi connectivity index (χ3n) is 7.43. The molecule has 0 saturated carbocycles. The number of piperazine rings is 1. The van der Waals surface area contributed by atoms with Crippen molar-refractivity contribution in [1.29, 1.82) is 0 Å². The quantitative estimate of drug-likeness (QED) is 0.611. The van der Waals surface area contributed by atoms with Crippen LogP contribution in [0.25, 0.3) is 11.3 Å². The van der Waals surface area contributed by atoms with Crippen LogP contribution in [0.2, 0.25) is 0 Å². The van der Waals surface area contributed by atoms with Gasteiger partial charge >= 0.3 is 6.03 Å². The summed E-state index contributed by atoms with van der Waals surface area (Å²) in [6.45, 7) is 8.01. The van der Waals surface area contributed by atoms with E-state index in [1.807, 2.05) is 36.5 Å². The number of carbonyl (C=O) groups is 3. The molecule has 0 bridgehead atoms. The lowest BCUT2D eigenvalue weighted by Crippen LogP contribution is -2.55. The third kappa shape index (κ3) is 4.38. The van der Waals surface area contributed by atoms with Crippen molar-refractivity contribution < 1.29 is 14.4 Å². The summed E-state index contributed by atoms with van der Waals surface area (Å²) in [5.41, 5.74) is 2.28. The second kappa shape index (κ2) is 9.48. The molecule has 2 fully saturated rings. The second-order valence-corrected chi connectivity index (χ2v) is 9.46. The van der Waals surface area contributed by atoms with Crippen molar-refractivity contribution >= 4 is 23.5 Å². The van der Waals surface area contributed by atoms with Crippen LogP contribution in [-0.4, -0.2) is 63.7 Å². The van der Waals surface area contributed by atoms with Gasteiger partial charge in [0.25, 0.3) is 5.91 Å². The molecule has 2 aliphatic rings. The maximum absolute atomic E-state index is 13.1. The molecule has 1 aromatic carbocycles. The molecule has 0 spiro atoms. The fourth-order valence-corrected chi connectivity index (χ4v) is 5.15. The van der Waals surface area contributed by atoms with Crippen LogP contribution in [0.4, 0.5) is 10.5 Å². The molecule has 2 N–H and O–H groups in total. The van der Waals surface area contributed by atoms with Gasteiger partial charge in [-0.2, -0.15) is 5.10 Å². The first-order valence-corrected chi connectivity index (χ1v) is 12.0. The molecule has 34 heavy (non-hydrogen) atoms. The summed E-state index contributed by atoms with van der Waals surface area (Å²) in [5.74, 6) is -0.368. The first kappa shape index (κ1) is 23.8. The number of nitrogens with one attached hydrogen (secondary N) is 2. The minimum atomic E-state index is -1.01. The lowest BCUT2D eigenvalue weighted by Gasteiger charge is -2.42. The zero-order valence-electron chi connectivity index (χ0n) is 20.4. The molecule has 9 nitrogen and oxygen atoms in total. The maximum atomic E-state index is 13.1. The van der Waals surface area contributed by atoms with Crippen LogP contribution < -0.4 is 15.5 Å². The van der Waals surface area contributed by atoms with Crippen LogP contribution in [-0.2, 0) is 16.6 Å². The van der Waals surface area contributed by atoms with Crippen molar-refractivity contribution in [3.8, 4) is 11.3 Å². The number of imide groups is 1. The van der Waals surface area contributed by atoms with E-state index in [-0.39, 0.29) is 30.2 Å². The maximum Gasteiger partial charge on any atom is 0.322 e. The predicted octanol–water partition coefficient (Wildman–Crippen LogP) is 2.53. The molecule has 4 amide bonds. The van der Waals surface area contributed by atoms with Gasteiger partial charge in [0.15, 0.2) is 0 Å². The first-order valence-electron chi connectivity index (χ1n) is 12.0. The largest absolute Gasteiger partial charge is 0.365 e. The van der Waals surface area contributed by atoms with E-state index in [4.69, 9.17) is 0 Å². The molecule has 3 atom stereocenters. The van der Waals surface area contributed by atoms with E-state index in [2.05, 4.69) is 51.8 Å². The van der Waals surface area contributed by atoms with Crippen LogP contribution in [0.15, 0.2) is 36.5 Å². The number of amides is 4. The zero-order chi connectivity index (χ0) is 24.5. The van der Waals surface area contributed by atoms with Gasteiger partial charge in [-0.1, -0.05) is 32.4 Å². The average molecular weight is 467 g/mol. The van der Waals surface area contributed by atoms with Gasteiger partial charge in [-0.25, -0.2) is 4.79 Å². The van der Waals surface area contributed by atoms with E-state index in [1.54, 1.807) is 6.20 Å². The van der Waals surface area contributed by atoms with Gasteiger partial charge in [0.1, 0.15) is 5.54 Å². The van der Waals surface area contributed by atoms with Gasteiger partial charge in [0.05, 0.1) is 5.69 Å². The zero-order valence-corrected chi connectivity index (χ0v) is 20.4. The number of urea groups is 1. The minimum absolute atomic E-state index is 0.0202. The van der Waals surface area contributed by atoms with Crippen LogP contribution in [0.5, 0.6) is 0 Å². The van der Waals surface area contributed by atoms with Crippen LogP contribution >= 0.6 is 0 Å². The van der Waals surface area contributed by atoms with E-state index in [1.165, 1.54) is 0 Å². The Morgan fingerprint density at radius 3 is 2.68 bits per heavy atom. The van der Waals surface area contributed by atoms with Gasteiger partial charge in [-0.05, 0) is 37.5 Å².